The molecule has 1 amide bonds. The van der Waals surface area contributed by atoms with E-state index in [1.807, 2.05) is 0 Å². The van der Waals surface area contributed by atoms with Crippen LogP contribution in [-0.2, 0) is 9.53 Å². The topological polar surface area (TPSA) is 53.6 Å². The van der Waals surface area contributed by atoms with Crippen molar-refractivity contribution in [2.45, 2.75) is 51.1 Å². The van der Waals surface area contributed by atoms with Crippen LogP contribution in [0.15, 0.2) is 0 Å². The van der Waals surface area contributed by atoms with Crippen molar-refractivity contribution in [3.05, 3.63) is 0 Å². The van der Waals surface area contributed by atoms with Crippen LogP contribution in [0.1, 0.15) is 39.0 Å². The number of hydrogen-bond donors (Lipinski definition) is 2. The lowest BCUT2D eigenvalue weighted by Crippen LogP contribution is -2.47. The molecule has 0 aromatic carbocycles. The molecule has 0 spiro atoms. The highest BCUT2D eigenvalue weighted by Crippen LogP contribution is 2.19. The largest absolute Gasteiger partial charge is 0.385 e. The Morgan fingerprint density at radius 1 is 1.43 bits per heavy atom. The molecule has 2 aliphatic heterocycles. The third-order valence-electron chi connectivity index (χ3n) is 4.86. The molecule has 2 saturated heterocycles. The average molecular weight is 297 g/mol. The zero-order valence-corrected chi connectivity index (χ0v) is 13.6. The molecule has 2 heterocycles. The van der Waals surface area contributed by atoms with Gasteiger partial charge in [0.1, 0.15) is 0 Å². The van der Waals surface area contributed by atoms with Gasteiger partial charge < -0.3 is 20.3 Å². The number of carbonyl (C=O) groups excluding carboxylic acids is 1. The van der Waals surface area contributed by atoms with E-state index in [1.165, 1.54) is 19.4 Å². The normalized spacial score (nSPS) is 28.5. The minimum Gasteiger partial charge on any atom is -0.385 e. The molecule has 3 atom stereocenters. The summed E-state index contributed by atoms with van der Waals surface area (Å²) in [6.45, 7) is 7.19. The summed E-state index contributed by atoms with van der Waals surface area (Å²) in [4.78, 5) is 14.6. The van der Waals surface area contributed by atoms with Crippen LogP contribution in [0.2, 0.25) is 0 Å². The smallest absolute Gasteiger partial charge is 0.237 e. The number of carbonyl (C=O) groups is 1. The maximum absolute atomic E-state index is 12.0. The van der Waals surface area contributed by atoms with Gasteiger partial charge in [-0.2, -0.15) is 0 Å². The van der Waals surface area contributed by atoms with E-state index >= 15 is 0 Å². The Kier molecular flexibility index (Phi) is 6.93. The summed E-state index contributed by atoms with van der Waals surface area (Å²) >= 11 is 0. The van der Waals surface area contributed by atoms with Crippen molar-refractivity contribution in [3.63, 3.8) is 0 Å². The van der Waals surface area contributed by atoms with Crippen LogP contribution in [0, 0.1) is 5.92 Å². The molecule has 2 aliphatic rings. The van der Waals surface area contributed by atoms with E-state index in [0.717, 1.165) is 45.5 Å². The third-order valence-corrected chi connectivity index (χ3v) is 4.86. The molecule has 0 radical (unpaired) electrons. The van der Waals surface area contributed by atoms with Gasteiger partial charge in [0.25, 0.3) is 0 Å². The molecule has 2 rings (SSSR count). The minimum absolute atomic E-state index is 0.0466. The SMILES string of the molecule is COCCC(C)N1CCCC(CNC(=O)C2CCCN2)C1. The summed E-state index contributed by atoms with van der Waals surface area (Å²) in [5.74, 6) is 0.783. The molecule has 0 aromatic heterocycles. The fraction of sp³-hybridized carbons (Fsp3) is 0.938. The van der Waals surface area contributed by atoms with E-state index < -0.39 is 0 Å². The number of ether oxygens (including phenoxy) is 1. The molecule has 5 heteroatoms. The minimum atomic E-state index is 0.0466. The molecule has 2 N–H and O–H groups in total. The first kappa shape index (κ1) is 16.7. The second-order valence-electron chi connectivity index (χ2n) is 6.53. The number of nitrogens with zero attached hydrogens (tertiary/aromatic N) is 1. The van der Waals surface area contributed by atoms with Crippen LogP contribution in [0.25, 0.3) is 0 Å². The molecule has 122 valence electrons. The van der Waals surface area contributed by atoms with Gasteiger partial charge in [-0.1, -0.05) is 0 Å². The summed E-state index contributed by atoms with van der Waals surface area (Å²) in [5, 5.41) is 6.40. The maximum Gasteiger partial charge on any atom is 0.237 e. The Morgan fingerprint density at radius 3 is 3.00 bits per heavy atom. The number of amides is 1. The Hall–Kier alpha value is -0.650. The summed E-state index contributed by atoms with van der Waals surface area (Å²) in [6, 6.07) is 0.616. The fourth-order valence-corrected chi connectivity index (χ4v) is 3.41. The lowest BCUT2D eigenvalue weighted by molar-refractivity contribution is -0.123. The van der Waals surface area contributed by atoms with Crippen molar-refractivity contribution in [2.24, 2.45) is 5.92 Å². The van der Waals surface area contributed by atoms with Crippen LogP contribution >= 0.6 is 0 Å². The van der Waals surface area contributed by atoms with Crippen molar-refractivity contribution in [1.82, 2.24) is 15.5 Å². The van der Waals surface area contributed by atoms with Gasteiger partial charge >= 0.3 is 0 Å². The van der Waals surface area contributed by atoms with E-state index in [2.05, 4.69) is 22.5 Å². The van der Waals surface area contributed by atoms with Gasteiger partial charge in [-0.3, -0.25) is 4.79 Å². The van der Waals surface area contributed by atoms with E-state index in [4.69, 9.17) is 4.74 Å². The number of likely N-dealkylation sites (tertiary alicyclic amines) is 1. The van der Waals surface area contributed by atoms with Crippen LogP contribution in [-0.4, -0.2) is 62.8 Å². The van der Waals surface area contributed by atoms with E-state index in [1.54, 1.807) is 7.11 Å². The predicted octanol–water partition coefficient (Wildman–Crippen LogP) is 0.992. The first-order valence-corrected chi connectivity index (χ1v) is 8.44. The van der Waals surface area contributed by atoms with Crippen molar-refractivity contribution in [1.29, 1.82) is 0 Å². The number of nitrogens with one attached hydrogen (secondary N) is 2. The van der Waals surface area contributed by atoms with Crippen molar-refractivity contribution < 1.29 is 9.53 Å². The first-order valence-electron chi connectivity index (χ1n) is 8.44. The van der Waals surface area contributed by atoms with Crippen molar-refractivity contribution >= 4 is 5.91 Å². The van der Waals surface area contributed by atoms with E-state index in [-0.39, 0.29) is 11.9 Å². The number of hydrogen-bond acceptors (Lipinski definition) is 4. The lowest BCUT2D eigenvalue weighted by Gasteiger charge is -2.37. The Morgan fingerprint density at radius 2 is 2.29 bits per heavy atom. The van der Waals surface area contributed by atoms with E-state index in [0.29, 0.717) is 12.0 Å². The molecular weight excluding hydrogens is 266 g/mol. The highest BCUT2D eigenvalue weighted by atomic mass is 16.5. The van der Waals surface area contributed by atoms with Crippen molar-refractivity contribution in [3.8, 4) is 0 Å². The molecule has 0 bridgehead atoms. The zero-order valence-electron chi connectivity index (χ0n) is 13.6. The zero-order chi connectivity index (χ0) is 15.1. The Bertz CT molecular complexity index is 319. The quantitative estimate of drug-likeness (QED) is 0.736. The summed E-state index contributed by atoms with van der Waals surface area (Å²) < 4.78 is 5.18. The van der Waals surface area contributed by atoms with Crippen LogP contribution < -0.4 is 10.6 Å². The van der Waals surface area contributed by atoms with Gasteiger partial charge in [0.05, 0.1) is 6.04 Å². The second kappa shape index (κ2) is 8.71. The van der Waals surface area contributed by atoms with Gasteiger partial charge in [-0.05, 0) is 58.0 Å². The molecule has 0 saturated carbocycles. The summed E-state index contributed by atoms with van der Waals surface area (Å²) in [5.41, 5.74) is 0. The van der Waals surface area contributed by atoms with Gasteiger partial charge in [-0.25, -0.2) is 0 Å². The average Bonchev–Trinajstić information content (AvgIpc) is 3.05. The van der Waals surface area contributed by atoms with Crippen LogP contribution in [0.4, 0.5) is 0 Å². The van der Waals surface area contributed by atoms with Gasteiger partial charge in [0.15, 0.2) is 0 Å². The monoisotopic (exact) mass is 297 g/mol. The lowest BCUT2D eigenvalue weighted by atomic mass is 9.96. The second-order valence-corrected chi connectivity index (χ2v) is 6.53. The summed E-state index contributed by atoms with van der Waals surface area (Å²) in [7, 11) is 1.76. The molecule has 5 nitrogen and oxygen atoms in total. The number of rotatable bonds is 7. The highest BCUT2D eigenvalue weighted by molar-refractivity contribution is 5.81. The van der Waals surface area contributed by atoms with Crippen LogP contribution in [0.3, 0.4) is 0 Å². The molecule has 0 aliphatic carbocycles. The van der Waals surface area contributed by atoms with Gasteiger partial charge in [-0.15, -0.1) is 0 Å². The summed E-state index contributed by atoms with van der Waals surface area (Å²) in [6.07, 6.45) is 5.65. The number of piperidine rings is 1. The molecule has 0 aromatic rings. The third kappa shape index (κ3) is 5.24. The van der Waals surface area contributed by atoms with Gasteiger partial charge in [0.2, 0.25) is 5.91 Å². The van der Waals surface area contributed by atoms with Gasteiger partial charge in [0, 0.05) is 32.8 Å². The maximum atomic E-state index is 12.0. The standard InChI is InChI=1S/C16H31N3O2/c1-13(7-10-21-2)19-9-4-5-14(12-19)11-18-16(20)15-6-3-8-17-15/h13-15,17H,3-12H2,1-2H3,(H,18,20). The predicted molar refractivity (Wildman–Crippen MR) is 84.3 cm³/mol. The molecular formula is C16H31N3O2. The van der Waals surface area contributed by atoms with E-state index in [9.17, 15) is 4.79 Å². The highest BCUT2D eigenvalue weighted by Gasteiger charge is 2.26. The molecule has 3 unspecified atom stereocenters. The Balaban J connectivity index is 1.69. The first-order chi connectivity index (χ1) is 10.2. The molecule has 21 heavy (non-hydrogen) atoms. The Labute approximate surface area is 128 Å². The van der Waals surface area contributed by atoms with Crippen molar-refractivity contribution in [2.75, 3.05) is 39.9 Å². The molecule has 2 fully saturated rings. The fourth-order valence-electron chi connectivity index (χ4n) is 3.41. The number of methoxy groups -OCH3 is 1. The van der Waals surface area contributed by atoms with Crippen LogP contribution in [0.5, 0.6) is 0 Å².